The first-order valence-corrected chi connectivity index (χ1v) is 3.97. The van der Waals surface area contributed by atoms with E-state index in [2.05, 4.69) is 27.7 Å². The summed E-state index contributed by atoms with van der Waals surface area (Å²) in [6.07, 6.45) is 5.06. The molecular weight excluding hydrogens is 108 g/mol. The lowest BCUT2D eigenvalue weighted by molar-refractivity contribution is 0.348. The highest BCUT2D eigenvalue weighted by molar-refractivity contribution is 4.74. The van der Waals surface area contributed by atoms with Crippen molar-refractivity contribution in [3.05, 3.63) is 6.92 Å². The van der Waals surface area contributed by atoms with Crippen LogP contribution < -0.4 is 0 Å². The van der Waals surface area contributed by atoms with Gasteiger partial charge >= 0.3 is 0 Å². The van der Waals surface area contributed by atoms with Crippen LogP contribution in [0.25, 0.3) is 0 Å². The van der Waals surface area contributed by atoms with Crippen LogP contribution in [-0.4, -0.2) is 0 Å². The first-order chi connectivity index (χ1) is 4.12. The van der Waals surface area contributed by atoms with E-state index in [1.54, 1.807) is 0 Å². The molecule has 0 aliphatic carbocycles. The number of hydrogen-bond donors (Lipinski definition) is 0. The molecule has 0 N–H and O–H groups in total. The predicted molar refractivity (Wildman–Crippen MR) is 43.3 cm³/mol. The minimum Gasteiger partial charge on any atom is -0.0654 e. The topological polar surface area (TPSA) is 0 Å². The van der Waals surface area contributed by atoms with Gasteiger partial charge in [-0.25, -0.2) is 0 Å². The van der Waals surface area contributed by atoms with Gasteiger partial charge in [0.1, 0.15) is 0 Å². The largest absolute Gasteiger partial charge is 0.0654 e. The molecule has 0 aromatic rings. The third-order valence-electron chi connectivity index (χ3n) is 1.71. The molecule has 0 aliphatic rings. The molecule has 0 bridgehead atoms. The number of hydrogen-bond acceptors (Lipinski definition) is 0. The quantitative estimate of drug-likeness (QED) is 0.542. The van der Waals surface area contributed by atoms with E-state index in [4.69, 9.17) is 0 Å². The Balaban J connectivity index is 3.43. The van der Waals surface area contributed by atoms with Crippen molar-refractivity contribution >= 4 is 0 Å². The molecule has 0 amide bonds. The van der Waals surface area contributed by atoms with Crippen LogP contribution in [0.5, 0.6) is 0 Å². The number of rotatable bonds is 4. The fraction of sp³-hybridized carbons (Fsp3) is 0.889. The molecule has 0 aromatic heterocycles. The van der Waals surface area contributed by atoms with Crippen molar-refractivity contribution in [1.82, 2.24) is 0 Å². The molecule has 0 fully saturated rings. The average molecular weight is 127 g/mol. The zero-order chi connectivity index (χ0) is 7.33. The molecule has 0 heteroatoms. The maximum atomic E-state index is 4.15. The van der Waals surface area contributed by atoms with Gasteiger partial charge in [0.25, 0.3) is 0 Å². The van der Waals surface area contributed by atoms with Gasteiger partial charge in [-0.05, 0) is 25.2 Å². The highest BCUT2D eigenvalue weighted by atomic mass is 14.2. The van der Waals surface area contributed by atoms with Crippen molar-refractivity contribution in [2.75, 3.05) is 0 Å². The van der Waals surface area contributed by atoms with Gasteiger partial charge in [0, 0.05) is 0 Å². The second-order valence-corrected chi connectivity index (χ2v) is 3.31. The third-order valence-corrected chi connectivity index (χ3v) is 1.71. The van der Waals surface area contributed by atoms with E-state index in [0.717, 1.165) is 0 Å². The molecule has 0 aromatic carbocycles. The maximum absolute atomic E-state index is 4.15. The fourth-order valence-corrected chi connectivity index (χ4v) is 1.33. The summed E-state index contributed by atoms with van der Waals surface area (Å²) in [6, 6.07) is 0. The van der Waals surface area contributed by atoms with E-state index in [1.807, 2.05) is 0 Å². The highest BCUT2D eigenvalue weighted by Gasteiger charge is 2.14. The van der Waals surface area contributed by atoms with Crippen molar-refractivity contribution in [3.63, 3.8) is 0 Å². The van der Waals surface area contributed by atoms with Crippen LogP contribution in [0.4, 0.5) is 0 Å². The zero-order valence-electron chi connectivity index (χ0n) is 7.04. The molecule has 0 heterocycles. The summed E-state index contributed by atoms with van der Waals surface area (Å²) in [4.78, 5) is 0. The van der Waals surface area contributed by atoms with E-state index in [0.29, 0.717) is 5.41 Å². The SMILES string of the molecule is [CH2]C(C)(CCC)CCC. The molecule has 0 saturated carbocycles. The lowest BCUT2D eigenvalue weighted by atomic mass is 9.84. The van der Waals surface area contributed by atoms with Gasteiger partial charge in [0.2, 0.25) is 0 Å². The molecule has 0 aliphatic heterocycles. The van der Waals surface area contributed by atoms with Crippen molar-refractivity contribution < 1.29 is 0 Å². The maximum Gasteiger partial charge on any atom is -0.0326 e. The van der Waals surface area contributed by atoms with Crippen LogP contribution >= 0.6 is 0 Å². The standard InChI is InChI=1S/C9H19/c1-5-7-9(3,4)8-6-2/h3,5-8H2,1-2,4H3. The minimum atomic E-state index is 0.351. The van der Waals surface area contributed by atoms with Crippen molar-refractivity contribution in [3.8, 4) is 0 Å². The summed E-state index contributed by atoms with van der Waals surface area (Å²) in [7, 11) is 0. The first-order valence-electron chi connectivity index (χ1n) is 3.97. The van der Waals surface area contributed by atoms with Gasteiger partial charge in [0.05, 0.1) is 0 Å². The van der Waals surface area contributed by atoms with Gasteiger partial charge < -0.3 is 0 Å². The average Bonchev–Trinajstić information content (AvgIpc) is 1.64. The van der Waals surface area contributed by atoms with E-state index < -0.39 is 0 Å². The molecular formula is C9H19. The Labute approximate surface area is 59.7 Å². The Morgan fingerprint density at radius 2 is 1.44 bits per heavy atom. The summed E-state index contributed by atoms with van der Waals surface area (Å²) in [5.74, 6) is 0. The van der Waals surface area contributed by atoms with Crippen LogP contribution in [-0.2, 0) is 0 Å². The second-order valence-electron chi connectivity index (χ2n) is 3.31. The normalized spacial score (nSPS) is 12.0. The lowest BCUT2D eigenvalue weighted by Gasteiger charge is -2.22. The molecule has 9 heavy (non-hydrogen) atoms. The van der Waals surface area contributed by atoms with Crippen molar-refractivity contribution in [2.24, 2.45) is 5.41 Å². The van der Waals surface area contributed by atoms with E-state index >= 15 is 0 Å². The fourth-order valence-electron chi connectivity index (χ4n) is 1.33. The van der Waals surface area contributed by atoms with Gasteiger partial charge in [-0.15, -0.1) is 0 Å². The summed E-state index contributed by atoms with van der Waals surface area (Å²) in [5, 5.41) is 0. The second kappa shape index (κ2) is 3.92. The van der Waals surface area contributed by atoms with Crippen molar-refractivity contribution in [2.45, 2.75) is 46.5 Å². The minimum absolute atomic E-state index is 0.351. The lowest BCUT2D eigenvalue weighted by Crippen LogP contribution is -2.09. The predicted octanol–water partition coefficient (Wildman–Crippen LogP) is 3.43. The van der Waals surface area contributed by atoms with Crippen LogP contribution in [0.2, 0.25) is 0 Å². The van der Waals surface area contributed by atoms with Crippen LogP contribution in [0.1, 0.15) is 46.5 Å². The van der Waals surface area contributed by atoms with E-state index in [-0.39, 0.29) is 0 Å². The van der Waals surface area contributed by atoms with E-state index in [1.165, 1.54) is 25.7 Å². The molecule has 0 unspecified atom stereocenters. The summed E-state index contributed by atoms with van der Waals surface area (Å²) in [6.45, 7) is 10.8. The Bertz CT molecular complexity index is 54.4. The Kier molecular flexibility index (Phi) is 3.92. The molecule has 0 nitrogen and oxygen atoms in total. The van der Waals surface area contributed by atoms with Crippen LogP contribution in [0.15, 0.2) is 0 Å². The summed E-state index contributed by atoms with van der Waals surface area (Å²) < 4.78 is 0. The molecule has 0 rings (SSSR count). The first kappa shape index (κ1) is 9.00. The molecule has 0 saturated heterocycles. The molecule has 1 radical (unpaired) electrons. The monoisotopic (exact) mass is 127 g/mol. The van der Waals surface area contributed by atoms with Crippen molar-refractivity contribution in [1.29, 1.82) is 0 Å². The molecule has 0 spiro atoms. The van der Waals surface area contributed by atoms with Crippen LogP contribution in [0, 0.1) is 12.3 Å². The van der Waals surface area contributed by atoms with Gasteiger partial charge in [0.15, 0.2) is 0 Å². The van der Waals surface area contributed by atoms with Gasteiger partial charge in [-0.3, -0.25) is 0 Å². The third kappa shape index (κ3) is 4.50. The molecule has 0 atom stereocenters. The van der Waals surface area contributed by atoms with E-state index in [9.17, 15) is 0 Å². The molecule has 55 valence electrons. The Morgan fingerprint density at radius 1 is 1.11 bits per heavy atom. The smallest absolute Gasteiger partial charge is 0.0326 e. The summed E-state index contributed by atoms with van der Waals surface area (Å²) >= 11 is 0. The van der Waals surface area contributed by atoms with Gasteiger partial charge in [-0.2, -0.15) is 0 Å². The highest BCUT2D eigenvalue weighted by Crippen LogP contribution is 2.26. The Hall–Kier alpha value is 0. The summed E-state index contributed by atoms with van der Waals surface area (Å²) in [5.41, 5.74) is 0.351. The zero-order valence-corrected chi connectivity index (χ0v) is 7.04. The van der Waals surface area contributed by atoms with Crippen LogP contribution in [0.3, 0.4) is 0 Å². The van der Waals surface area contributed by atoms with Gasteiger partial charge in [-0.1, -0.05) is 33.6 Å². The Morgan fingerprint density at radius 3 is 1.67 bits per heavy atom.